The van der Waals surface area contributed by atoms with Gasteiger partial charge in [0, 0.05) is 73.5 Å². The number of carbonyl (C=O) groups is 2. The summed E-state index contributed by atoms with van der Waals surface area (Å²) >= 11 is 0. The number of fused-ring (bicyclic) bond motifs is 2. The molecule has 3 unspecified atom stereocenters. The van der Waals surface area contributed by atoms with Gasteiger partial charge in [-0.05, 0) is 155 Å². The third-order valence-corrected chi connectivity index (χ3v) is 23.1. The highest BCUT2D eigenvalue weighted by molar-refractivity contribution is 7.93. The first-order valence-electron chi connectivity index (χ1n) is 32.8. The van der Waals surface area contributed by atoms with Crippen LogP contribution in [0.1, 0.15) is 168 Å². The van der Waals surface area contributed by atoms with Crippen molar-refractivity contribution in [1.82, 2.24) is 20.1 Å². The van der Waals surface area contributed by atoms with Crippen molar-refractivity contribution in [3.8, 4) is 22.3 Å². The molecule has 2 amide bonds. The summed E-state index contributed by atoms with van der Waals surface area (Å²) in [6.45, 7) is 15.4. The van der Waals surface area contributed by atoms with Crippen molar-refractivity contribution >= 4 is 55.2 Å². The zero-order valence-corrected chi connectivity index (χ0v) is 56.1. The lowest BCUT2D eigenvalue weighted by Crippen LogP contribution is -2.42. The molecule has 0 saturated heterocycles. The van der Waals surface area contributed by atoms with E-state index in [4.69, 9.17) is 28.5 Å². The highest BCUT2D eigenvalue weighted by Crippen LogP contribution is 2.59. The summed E-state index contributed by atoms with van der Waals surface area (Å²) < 4.78 is 147. The van der Waals surface area contributed by atoms with Gasteiger partial charge >= 0.3 is 0 Å². The molecule has 2 aliphatic heterocycles. The zero-order valence-electron chi connectivity index (χ0n) is 54.4. The number of halogens is 4. The Morgan fingerprint density at radius 2 is 1.04 bits per heavy atom. The second kappa shape index (κ2) is 25.7. The van der Waals surface area contributed by atoms with Crippen LogP contribution in [-0.4, -0.2) is 96.6 Å². The number of nitrogens with zero attached hydrogens (tertiary/aromatic N) is 6. The number of aromatic nitrogens is 2. The van der Waals surface area contributed by atoms with E-state index in [1.54, 1.807) is 73.9 Å². The molecule has 4 aliphatic carbocycles. The maximum absolute atomic E-state index is 15.7. The summed E-state index contributed by atoms with van der Waals surface area (Å²) in [6.07, 6.45) is 2.73. The minimum Gasteiger partial charge on any atom is -0.377 e. The first kappa shape index (κ1) is 66.7. The summed E-state index contributed by atoms with van der Waals surface area (Å²) in [4.78, 5) is 44.1. The molecule has 6 aromatic rings. The van der Waals surface area contributed by atoms with Crippen LogP contribution in [0.3, 0.4) is 0 Å². The molecular weight excluding hydrogens is 1250 g/mol. The zero-order chi connectivity index (χ0) is 66.9. The quantitative estimate of drug-likeness (QED) is 0.0510. The predicted octanol–water partition coefficient (Wildman–Crippen LogP) is 14.5. The Kier molecular flexibility index (Phi) is 18.2. The van der Waals surface area contributed by atoms with Crippen molar-refractivity contribution in [3.63, 3.8) is 0 Å². The molecule has 94 heavy (non-hydrogen) atoms. The summed E-state index contributed by atoms with van der Waals surface area (Å²) in [5.74, 6) is -6.43. The van der Waals surface area contributed by atoms with Crippen LogP contribution in [0.15, 0.2) is 108 Å². The van der Waals surface area contributed by atoms with E-state index in [0.29, 0.717) is 111 Å². The molecule has 12 rings (SSSR count). The van der Waals surface area contributed by atoms with Crippen LogP contribution in [0.5, 0.6) is 0 Å². The van der Waals surface area contributed by atoms with Gasteiger partial charge in [0.05, 0.1) is 36.1 Å². The maximum Gasteiger partial charge on any atom is 0.263 e. The molecule has 4 heterocycles. The largest absolute Gasteiger partial charge is 0.377 e. The number of amidine groups is 2. The lowest BCUT2D eigenvalue weighted by Gasteiger charge is -2.28. The Bertz CT molecular complexity index is 4190. The van der Waals surface area contributed by atoms with Crippen LogP contribution in [0.2, 0.25) is 0 Å². The van der Waals surface area contributed by atoms with E-state index in [9.17, 15) is 22.0 Å². The van der Waals surface area contributed by atoms with Crippen molar-refractivity contribution in [2.75, 3.05) is 22.7 Å². The minimum absolute atomic E-state index is 0.0125. The number of sulfonamides is 2. The van der Waals surface area contributed by atoms with Gasteiger partial charge in [-0.15, -0.1) is 0 Å². The number of anilines is 2. The smallest absolute Gasteiger partial charge is 0.263 e. The summed E-state index contributed by atoms with van der Waals surface area (Å²) in [5, 5.41) is 8.00. The predicted molar refractivity (Wildman–Crippen MR) is 347 cm³/mol. The van der Waals surface area contributed by atoms with Crippen LogP contribution in [0.25, 0.3) is 22.3 Å². The first-order chi connectivity index (χ1) is 44.7. The summed E-state index contributed by atoms with van der Waals surface area (Å²) in [6, 6.07) is 22.8. The molecule has 2 N–H and O–H groups in total. The van der Waals surface area contributed by atoms with E-state index in [1.165, 1.54) is 6.07 Å². The lowest BCUT2D eigenvalue weighted by atomic mass is 9.89. The van der Waals surface area contributed by atoms with Gasteiger partial charge in [-0.25, -0.2) is 34.4 Å². The molecule has 4 aromatic carbocycles. The molecule has 2 spiro atoms. The lowest BCUT2D eigenvalue weighted by molar-refractivity contribution is -0.132. The third-order valence-electron chi connectivity index (χ3n) is 20.3. The van der Waals surface area contributed by atoms with Crippen LogP contribution < -0.4 is 9.44 Å². The molecule has 4 saturated carbocycles. The number of carbonyl (C=O) groups excluding carboxylic acids is 2. The molecule has 18 nitrogen and oxygen atoms in total. The number of alkyl halides is 4. The molecule has 0 bridgehead atoms. The third kappa shape index (κ3) is 12.8. The van der Waals surface area contributed by atoms with Gasteiger partial charge in [-0.1, -0.05) is 104 Å². The number of unbranched alkanes of at least 4 members (excludes halogenated alkanes) is 1. The Morgan fingerprint density at radius 3 is 1.53 bits per heavy atom. The van der Waals surface area contributed by atoms with E-state index >= 15 is 22.0 Å². The number of ether oxygens (including phenoxy) is 2. The van der Waals surface area contributed by atoms with Gasteiger partial charge in [0.25, 0.3) is 31.9 Å². The topological polar surface area (TPSA) is 228 Å². The van der Waals surface area contributed by atoms with Gasteiger partial charge in [0.15, 0.2) is 11.6 Å². The molecular formula is C70H82F4N8O10S2. The molecule has 0 radical (unpaired) electrons. The van der Waals surface area contributed by atoms with E-state index in [-0.39, 0.29) is 123 Å². The number of benzene rings is 4. The van der Waals surface area contributed by atoms with E-state index in [0.717, 1.165) is 18.4 Å². The van der Waals surface area contributed by atoms with Gasteiger partial charge < -0.3 is 18.5 Å². The second-order valence-corrected chi connectivity index (χ2v) is 30.1. The number of rotatable bonds is 25. The van der Waals surface area contributed by atoms with E-state index < -0.39 is 60.7 Å². The maximum atomic E-state index is 15.7. The van der Waals surface area contributed by atoms with Crippen LogP contribution in [0, 0.1) is 51.4 Å². The van der Waals surface area contributed by atoms with Crippen LogP contribution >= 0.6 is 0 Å². The highest BCUT2D eigenvalue weighted by Gasteiger charge is 2.63. The number of aryl methyl sites for hydroxylation is 2. The second-order valence-electron chi connectivity index (χ2n) is 26.8. The van der Waals surface area contributed by atoms with Crippen molar-refractivity contribution in [2.45, 2.75) is 204 Å². The fraction of sp³-hybridized carbons (Fsp3) is 0.514. The minimum atomic E-state index is -4.58. The molecule has 24 heteroatoms. The van der Waals surface area contributed by atoms with Crippen LogP contribution in [-0.2, 0) is 65.4 Å². The number of hydrogen-bond acceptors (Lipinski definition) is 14. The fourth-order valence-corrected chi connectivity index (χ4v) is 18.2. The molecule has 7 atom stereocenters. The normalized spacial score (nSPS) is 24.0. The highest BCUT2D eigenvalue weighted by atomic mass is 32.2. The van der Waals surface area contributed by atoms with E-state index in [1.807, 2.05) is 57.2 Å². The van der Waals surface area contributed by atoms with Gasteiger partial charge in [-0.2, -0.15) is 0 Å². The van der Waals surface area contributed by atoms with Gasteiger partial charge in [0.2, 0.25) is 11.8 Å². The fourth-order valence-electron chi connectivity index (χ4n) is 15.6. The first-order valence-corrected chi connectivity index (χ1v) is 35.8. The number of aliphatic imine (C=N–C) groups is 2. The number of nitrogens with one attached hydrogen (secondary N) is 2. The molecule has 6 aliphatic rings. The van der Waals surface area contributed by atoms with Crippen molar-refractivity contribution < 1.29 is 62.5 Å². The average molecular weight is 1340 g/mol. The SMILES string of the molecule is CCCCC1=NC2(C[C@H]3CC(F)(F)C[C@H]3C2)C(=O)N1Cc1ccc(-c2ccc(C(CCC)C3=NC4(C[C@H]5CC(F)(F)C[C@H]5C4)C(=O)N3Cc3ccc(-c4ccccc4S(=O)(=O)Nc4noc(C)c4C)c(COCC)c3)cc2S(=O)(=O)Nc2noc(C)c2C)c(COCC)c1. The summed E-state index contributed by atoms with van der Waals surface area (Å²) in [5.41, 5.74) is 3.44. The Balaban J connectivity index is 0.932. The average Bonchev–Trinajstić information content (AvgIpc) is 1.46. The monoisotopic (exact) mass is 1330 g/mol. The van der Waals surface area contributed by atoms with E-state index in [2.05, 4.69) is 26.7 Å². The Morgan fingerprint density at radius 1 is 0.574 bits per heavy atom. The van der Waals surface area contributed by atoms with Crippen LogP contribution in [0.4, 0.5) is 29.2 Å². The molecule has 4 fully saturated rings. The Hall–Kier alpha value is -7.28. The number of hydrogen-bond donors (Lipinski definition) is 2. The van der Waals surface area contributed by atoms with Gasteiger partial charge in [-0.3, -0.25) is 38.8 Å². The molecule has 2 aromatic heterocycles. The van der Waals surface area contributed by atoms with Gasteiger partial charge in [0.1, 0.15) is 34.3 Å². The standard InChI is InChI=1S/C70H82F4N8O10S2/c1-9-13-19-61-75-67(29-50-33-69(71,72)34-51(50)30-67)65(83)81(61)37-45-20-24-55(49(26-45)40-90-12-4)58-25-22-47(28-60(58)94(87,88)80-63-42(6)44(8)92-78-63)56(16-10-2)64-76-68(31-52-35-70(73,74)36-53(52)32-68)66(84)82(64)38-46-21-23-54(48(27-46)39-89-11-3)57-17-14-15-18-59(57)93(85,86)79-62-41(5)43(7)91-77-62/h14-15,17-18,20-28,50-53,56H,9-13,16,19,29-40H2,1-8H3,(H,77,79)(H,78,80)/t50-,51+,52-,53+,56?,67?,68?. The summed E-state index contributed by atoms with van der Waals surface area (Å²) in [7, 11) is -8.82. The Labute approximate surface area is 546 Å². The number of amides is 2. The van der Waals surface area contributed by atoms with Crippen molar-refractivity contribution in [1.29, 1.82) is 0 Å². The van der Waals surface area contributed by atoms with Crippen molar-refractivity contribution in [3.05, 3.63) is 129 Å². The molecule has 502 valence electrons. The van der Waals surface area contributed by atoms with Crippen molar-refractivity contribution in [2.24, 2.45) is 33.7 Å².